The van der Waals surface area contributed by atoms with Crippen LogP contribution < -0.4 is 10.6 Å². The molecule has 1 fully saturated rings. The zero-order chi connectivity index (χ0) is 14.4. The van der Waals surface area contributed by atoms with E-state index in [9.17, 15) is 13.2 Å². The number of fused-ring (bicyclic) bond motifs is 1. The molecular weight excluding hydrogens is 276 g/mol. The van der Waals surface area contributed by atoms with E-state index in [0.717, 1.165) is 19.3 Å². The fraction of sp³-hybridized carbons (Fsp3) is 0.357. The number of carbonyl (C=O) groups excluding carboxylic acids is 1. The first kappa shape index (κ1) is 13.3. The summed E-state index contributed by atoms with van der Waals surface area (Å²) < 4.78 is 23.3. The second-order valence-electron chi connectivity index (χ2n) is 5.24. The molecule has 2 aliphatic rings. The fourth-order valence-electron chi connectivity index (χ4n) is 2.62. The molecule has 1 aromatic rings. The van der Waals surface area contributed by atoms with E-state index >= 15 is 0 Å². The SMILES string of the molecule is CNC1(C(=O)Nc2ccc3c(c2)C=CS3(=O)=O)CCC1. The highest BCUT2D eigenvalue weighted by Crippen LogP contribution is 2.33. The number of carbonyl (C=O) groups is 1. The van der Waals surface area contributed by atoms with Crippen molar-refractivity contribution in [3.05, 3.63) is 29.2 Å². The fourth-order valence-corrected chi connectivity index (χ4v) is 3.81. The maximum Gasteiger partial charge on any atom is 0.244 e. The van der Waals surface area contributed by atoms with Crippen molar-refractivity contribution in [1.29, 1.82) is 0 Å². The van der Waals surface area contributed by atoms with Gasteiger partial charge in [-0.3, -0.25) is 4.79 Å². The van der Waals surface area contributed by atoms with E-state index in [1.165, 1.54) is 11.5 Å². The molecule has 5 nitrogen and oxygen atoms in total. The summed E-state index contributed by atoms with van der Waals surface area (Å²) in [5, 5.41) is 7.13. The summed E-state index contributed by atoms with van der Waals surface area (Å²) in [6.07, 6.45) is 4.25. The van der Waals surface area contributed by atoms with E-state index in [-0.39, 0.29) is 5.91 Å². The third-order valence-corrected chi connectivity index (χ3v) is 5.60. The molecule has 1 saturated carbocycles. The Morgan fingerprint density at radius 1 is 1.30 bits per heavy atom. The Kier molecular flexibility index (Phi) is 2.95. The van der Waals surface area contributed by atoms with Crippen molar-refractivity contribution in [3.63, 3.8) is 0 Å². The maximum atomic E-state index is 12.3. The van der Waals surface area contributed by atoms with Crippen LogP contribution in [0.4, 0.5) is 5.69 Å². The predicted molar refractivity (Wildman–Crippen MR) is 76.9 cm³/mol. The molecule has 6 heteroatoms. The molecule has 1 heterocycles. The second-order valence-corrected chi connectivity index (χ2v) is 7.04. The van der Waals surface area contributed by atoms with E-state index in [1.54, 1.807) is 25.3 Å². The lowest BCUT2D eigenvalue weighted by molar-refractivity contribution is -0.125. The van der Waals surface area contributed by atoms with Crippen LogP contribution in [0.3, 0.4) is 0 Å². The summed E-state index contributed by atoms with van der Waals surface area (Å²) in [6, 6.07) is 4.85. The highest BCUT2D eigenvalue weighted by molar-refractivity contribution is 7.94. The van der Waals surface area contributed by atoms with Gasteiger partial charge in [0.05, 0.1) is 10.4 Å². The Bertz CT molecular complexity index is 698. The minimum absolute atomic E-state index is 0.0592. The van der Waals surface area contributed by atoms with Gasteiger partial charge in [0.25, 0.3) is 0 Å². The molecule has 0 atom stereocenters. The topological polar surface area (TPSA) is 75.3 Å². The average molecular weight is 292 g/mol. The number of hydrogen-bond acceptors (Lipinski definition) is 4. The molecule has 0 saturated heterocycles. The molecule has 106 valence electrons. The van der Waals surface area contributed by atoms with E-state index in [2.05, 4.69) is 10.6 Å². The third kappa shape index (κ3) is 1.96. The van der Waals surface area contributed by atoms with Gasteiger partial charge in [-0.1, -0.05) is 0 Å². The normalized spacial score (nSPS) is 21.1. The lowest BCUT2D eigenvalue weighted by Gasteiger charge is -2.39. The molecule has 0 aromatic heterocycles. The lowest BCUT2D eigenvalue weighted by Crippen LogP contribution is -2.58. The van der Waals surface area contributed by atoms with Gasteiger partial charge in [0.2, 0.25) is 5.91 Å². The number of rotatable bonds is 3. The number of amides is 1. The summed E-state index contributed by atoms with van der Waals surface area (Å²) >= 11 is 0. The lowest BCUT2D eigenvalue weighted by atomic mass is 9.76. The van der Waals surface area contributed by atoms with Crippen LogP contribution in [0.1, 0.15) is 24.8 Å². The van der Waals surface area contributed by atoms with Crippen molar-refractivity contribution in [1.82, 2.24) is 5.32 Å². The van der Waals surface area contributed by atoms with Gasteiger partial charge in [0.15, 0.2) is 9.84 Å². The summed E-state index contributed by atoms with van der Waals surface area (Å²) in [5.74, 6) is -0.0592. The number of benzene rings is 1. The van der Waals surface area contributed by atoms with Crippen LogP contribution in [0.2, 0.25) is 0 Å². The Morgan fingerprint density at radius 3 is 2.65 bits per heavy atom. The van der Waals surface area contributed by atoms with Crippen LogP contribution >= 0.6 is 0 Å². The standard InChI is InChI=1S/C14H16N2O3S/c1-15-14(6-2-7-14)13(17)16-11-3-4-12-10(9-11)5-8-20(12,18)19/h3-5,8-9,15H,2,6-7H2,1H3,(H,16,17). The van der Waals surface area contributed by atoms with Gasteiger partial charge in [-0.2, -0.15) is 0 Å². The molecule has 20 heavy (non-hydrogen) atoms. The van der Waals surface area contributed by atoms with E-state index in [1.807, 2.05) is 0 Å². The van der Waals surface area contributed by atoms with E-state index in [4.69, 9.17) is 0 Å². The molecule has 1 aliphatic carbocycles. The monoisotopic (exact) mass is 292 g/mol. The van der Waals surface area contributed by atoms with E-state index in [0.29, 0.717) is 16.1 Å². The highest BCUT2D eigenvalue weighted by atomic mass is 32.2. The summed E-state index contributed by atoms with van der Waals surface area (Å²) in [7, 11) is -1.49. The van der Waals surface area contributed by atoms with Crippen molar-refractivity contribution in [2.45, 2.75) is 29.7 Å². The molecule has 0 bridgehead atoms. The average Bonchev–Trinajstić information content (AvgIpc) is 2.64. The number of anilines is 1. The summed E-state index contributed by atoms with van der Waals surface area (Å²) in [5.41, 5.74) is 0.771. The molecule has 0 spiro atoms. The minimum Gasteiger partial charge on any atom is -0.324 e. The van der Waals surface area contributed by atoms with Gasteiger partial charge >= 0.3 is 0 Å². The van der Waals surface area contributed by atoms with Gasteiger partial charge < -0.3 is 10.6 Å². The van der Waals surface area contributed by atoms with Gasteiger partial charge in [0.1, 0.15) is 0 Å². The summed E-state index contributed by atoms with van der Waals surface area (Å²) in [6.45, 7) is 0. The molecule has 1 aliphatic heterocycles. The first-order chi connectivity index (χ1) is 9.47. The van der Waals surface area contributed by atoms with E-state index < -0.39 is 15.4 Å². The smallest absolute Gasteiger partial charge is 0.244 e. The first-order valence-corrected chi connectivity index (χ1v) is 8.09. The van der Waals surface area contributed by atoms with Gasteiger partial charge in [-0.05, 0) is 56.1 Å². The van der Waals surface area contributed by atoms with Gasteiger partial charge in [0, 0.05) is 11.1 Å². The first-order valence-electron chi connectivity index (χ1n) is 6.54. The predicted octanol–water partition coefficient (Wildman–Crippen LogP) is 1.53. The van der Waals surface area contributed by atoms with Crippen molar-refractivity contribution < 1.29 is 13.2 Å². The van der Waals surface area contributed by atoms with Gasteiger partial charge in [-0.25, -0.2) is 8.42 Å². The minimum atomic E-state index is -3.28. The number of sulfone groups is 1. The van der Waals surface area contributed by atoms with Crippen LogP contribution in [-0.2, 0) is 14.6 Å². The van der Waals surface area contributed by atoms with Crippen LogP contribution in [0.5, 0.6) is 0 Å². The van der Waals surface area contributed by atoms with Crippen molar-refractivity contribution in [3.8, 4) is 0 Å². The highest BCUT2D eigenvalue weighted by Gasteiger charge is 2.42. The van der Waals surface area contributed by atoms with Gasteiger partial charge in [-0.15, -0.1) is 0 Å². The Morgan fingerprint density at radius 2 is 2.05 bits per heavy atom. The summed E-state index contributed by atoms with van der Waals surface area (Å²) in [4.78, 5) is 12.6. The van der Waals surface area contributed by atoms with Crippen LogP contribution in [0.25, 0.3) is 6.08 Å². The zero-order valence-corrected chi connectivity index (χ0v) is 12.0. The quantitative estimate of drug-likeness (QED) is 0.886. The zero-order valence-electron chi connectivity index (χ0n) is 11.1. The number of nitrogens with one attached hydrogen (secondary N) is 2. The van der Waals surface area contributed by atoms with Crippen LogP contribution in [0.15, 0.2) is 28.5 Å². The molecule has 1 aromatic carbocycles. The molecule has 0 unspecified atom stereocenters. The molecule has 0 radical (unpaired) electrons. The third-order valence-electron chi connectivity index (χ3n) is 4.12. The molecule has 3 rings (SSSR count). The number of hydrogen-bond donors (Lipinski definition) is 2. The Labute approximate surface area is 118 Å². The number of likely N-dealkylation sites (N-methyl/N-ethyl adjacent to an activating group) is 1. The van der Waals surface area contributed by atoms with Crippen molar-refractivity contribution >= 4 is 27.5 Å². The van der Waals surface area contributed by atoms with Crippen LogP contribution in [-0.4, -0.2) is 26.9 Å². The molecule has 2 N–H and O–H groups in total. The second kappa shape index (κ2) is 4.43. The molecular formula is C14H16N2O3S. The van der Waals surface area contributed by atoms with Crippen molar-refractivity contribution in [2.75, 3.05) is 12.4 Å². The Balaban J connectivity index is 1.83. The largest absolute Gasteiger partial charge is 0.324 e. The molecule has 1 amide bonds. The maximum absolute atomic E-state index is 12.3. The van der Waals surface area contributed by atoms with Crippen molar-refractivity contribution in [2.24, 2.45) is 0 Å². The Hall–Kier alpha value is -1.66. The van der Waals surface area contributed by atoms with Crippen LogP contribution in [0, 0.1) is 0 Å².